The number of hydrogen-bond acceptors (Lipinski definition) is 3. The highest BCUT2D eigenvalue weighted by atomic mass is 16.4. The van der Waals surface area contributed by atoms with Gasteiger partial charge < -0.3 is 10.4 Å². The van der Waals surface area contributed by atoms with Gasteiger partial charge in [-0.1, -0.05) is 18.6 Å². The molecule has 2 aromatic rings. The van der Waals surface area contributed by atoms with E-state index in [4.69, 9.17) is 5.11 Å². The van der Waals surface area contributed by atoms with Crippen LogP contribution in [0.1, 0.15) is 48.2 Å². The number of aromatic nitrogens is 2. The van der Waals surface area contributed by atoms with Gasteiger partial charge in [0.15, 0.2) is 5.69 Å². The summed E-state index contributed by atoms with van der Waals surface area (Å²) < 4.78 is 1.53. The number of nitrogens with zero attached hydrogens (tertiary/aromatic N) is 2. The minimum Gasteiger partial charge on any atom is -0.476 e. The van der Waals surface area contributed by atoms with Crippen LogP contribution in [0.25, 0.3) is 5.69 Å². The van der Waals surface area contributed by atoms with E-state index in [1.54, 1.807) is 6.20 Å². The first-order valence-corrected chi connectivity index (χ1v) is 9.23. The highest BCUT2D eigenvalue weighted by Gasteiger charge is 2.39. The Morgan fingerprint density at radius 1 is 1.23 bits per heavy atom. The highest BCUT2D eigenvalue weighted by Crippen LogP contribution is 2.49. The van der Waals surface area contributed by atoms with Crippen LogP contribution in [0.3, 0.4) is 0 Å². The first-order chi connectivity index (χ1) is 12.6. The number of hydrogen-bond donors (Lipinski definition) is 2. The molecule has 1 heterocycles. The number of amides is 1. The van der Waals surface area contributed by atoms with E-state index in [0.717, 1.165) is 23.1 Å². The summed E-state index contributed by atoms with van der Waals surface area (Å²) in [6, 6.07) is 9.07. The second-order valence-electron chi connectivity index (χ2n) is 7.54. The molecule has 6 heteroatoms. The van der Waals surface area contributed by atoms with Gasteiger partial charge in [0, 0.05) is 19.2 Å². The standard InChI is InChI=1S/C20H23N3O3/c24-19(11-16-9-13-4-5-15(16)8-13)21-12-14-2-1-3-17(10-14)23-7-6-18(22-23)20(25)26/h1-3,6-7,10,13,15-16H,4-5,8-9,11-12H2,(H,21,24)(H,25,26). The molecule has 2 N–H and O–H groups in total. The van der Waals surface area contributed by atoms with Crippen molar-refractivity contribution < 1.29 is 14.7 Å². The van der Waals surface area contributed by atoms with Gasteiger partial charge in [0.1, 0.15) is 0 Å². The largest absolute Gasteiger partial charge is 0.476 e. The van der Waals surface area contributed by atoms with Gasteiger partial charge in [-0.05, 0) is 60.8 Å². The van der Waals surface area contributed by atoms with Crippen molar-refractivity contribution in [2.24, 2.45) is 17.8 Å². The van der Waals surface area contributed by atoms with Gasteiger partial charge in [0.25, 0.3) is 0 Å². The fourth-order valence-corrected chi connectivity index (χ4v) is 4.53. The Hall–Kier alpha value is -2.63. The van der Waals surface area contributed by atoms with Gasteiger partial charge in [-0.15, -0.1) is 0 Å². The number of carbonyl (C=O) groups is 2. The van der Waals surface area contributed by atoms with Crippen LogP contribution in [0.2, 0.25) is 0 Å². The summed E-state index contributed by atoms with van der Waals surface area (Å²) in [4.78, 5) is 23.2. The second kappa shape index (κ2) is 6.94. The Labute approximate surface area is 152 Å². The van der Waals surface area contributed by atoms with Crippen LogP contribution in [0.5, 0.6) is 0 Å². The zero-order valence-corrected chi connectivity index (χ0v) is 14.6. The first-order valence-electron chi connectivity index (χ1n) is 9.23. The number of benzene rings is 1. The van der Waals surface area contributed by atoms with Gasteiger partial charge >= 0.3 is 5.97 Å². The van der Waals surface area contributed by atoms with Gasteiger partial charge in [0.05, 0.1) is 5.69 Å². The summed E-state index contributed by atoms with van der Waals surface area (Å²) in [6.45, 7) is 0.473. The normalized spacial score (nSPS) is 23.9. The molecule has 1 amide bonds. The van der Waals surface area contributed by atoms with Crippen molar-refractivity contribution in [2.75, 3.05) is 0 Å². The van der Waals surface area contributed by atoms with Gasteiger partial charge in [-0.25, -0.2) is 9.48 Å². The number of carboxylic acid groups (broad SMARTS) is 1. The molecule has 0 saturated heterocycles. The maximum Gasteiger partial charge on any atom is 0.356 e. The van der Waals surface area contributed by atoms with Crippen LogP contribution in [0.4, 0.5) is 0 Å². The van der Waals surface area contributed by atoms with Crippen LogP contribution in [0.15, 0.2) is 36.5 Å². The topological polar surface area (TPSA) is 84.2 Å². The number of carbonyl (C=O) groups excluding carboxylic acids is 1. The molecule has 2 aliphatic carbocycles. The molecule has 6 nitrogen and oxygen atoms in total. The molecule has 4 rings (SSSR count). The SMILES string of the molecule is O=C(CC1CC2CCC1C2)NCc1cccc(-n2ccc(C(=O)O)n2)c1. The summed E-state index contributed by atoms with van der Waals surface area (Å²) in [7, 11) is 0. The van der Waals surface area contributed by atoms with E-state index in [1.165, 1.54) is 36.4 Å². The highest BCUT2D eigenvalue weighted by molar-refractivity contribution is 5.85. The summed E-state index contributed by atoms with van der Waals surface area (Å²) in [5.74, 6) is 1.27. The number of carboxylic acids is 1. The number of aromatic carboxylic acids is 1. The van der Waals surface area contributed by atoms with E-state index < -0.39 is 5.97 Å². The van der Waals surface area contributed by atoms with Crippen molar-refractivity contribution >= 4 is 11.9 Å². The van der Waals surface area contributed by atoms with Crippen LogP contribution < -0.4 is 5.32 Å². The second-order valence-corrected chi connectivity index (χ2v) is 7.54. The van der Waals surface area contributed by atoms with Crippen molar-refractivity contribution in [3.8, 4) is 5.69 Å². The van der Waals surface area contributed by atoms with Crippen molar-refractivity contribution in [1.82, 2.24) is 15.1 Å². The number of fused-ring (bicyclic) bond motifs is 2. The molecular weight excluding hydrogens is 330 g/mol. The molecule has 0 spiro atoms. The molecule has 2 saturated carbocycles. The molecule has 3 unspecified atom stereocenters. The third-order valence-corrected chi connectivity index (χ3v) is 5.81. The minimum absolute atomic E-state index is 0.00886. The van der Waals surface area contributed by atoms with E-state index in [2.05, 4.69) is 10.4 Å². The molecule has 26 heavy (non-hydrogen) atoms. The van der Waals surface area contributed by atoms with E-state index in [0.29, 0.717) is 18.9 Å². The van der Waals surface area contributed by atoms with Crippen LogP contribution in [0, 0.1) is 17.8 Å². The Morgan fingerprint density at radius 3 is 2.81 bits per heavy atom. The third kappa shape index (κ3) is 3.49. The molecule has 2 aliphatic rings. The van der Waals surface area contributed by atoms with Crippen molar-refractivity contribution in [3.05, 3.63) is 47.8 Å². The van der Waals surface area contributed by atoms with Gasteiger partial charge in [0.2, 0.25) is 5.91 Å². The molecule has 2 fully saturated rings. The monoisotopic (exact) mass is 353 g/mol. The molecule has 0 radical (unpaired) electrons. The first kappa shape index (κ1) is 16.8. The van der Waals surface area contributed by atoms with Crippen molar-refractivity contribution in [2.45, 2.75) is 38.6 Å². The fraction of sp³-hybridized carbons (Fsp3) is 0.450. The Bertz CT molecular complexity index is 829. The Kier molecular flexibility index (Phi) is 4.49. The summed E-state index contributed by atoms with van der Waals surface area (Å²) >= 11 is 0. The lowest BCUT2D eigenvalue weighted by Gasteiger charge is -2.20. The maximum absolute atomic E-state index is 12.3. The lowest BCUT2D eigenvalue weighted by Crippen LogP contribution is -2.26. The molecule has 1 aromatic heterocycles. The minimum atomic E-state index is -1.05. The smallest absolute Gasteiger partial charge is 0.356 e. The van der Waals surface area contributed by atoms with Crippen LogP contribution >= 0.6 is 0 Å². The molecule has 3 atom stereocenters. The summed E-state index contributed by atoms with van der Waals surface area (Å²) in [5.41, 5.74) is 1.75. The molecule has 2 bridgehead atoms. The fourth-order valence-electron chi connectivity index (χ4n) is 4.53. The molecular formula is C20H23N3O3. The zero-order chi connectivity index (χ0) is 18.1. The average molecular weight is 353 g/mol. The maximum atomic E-state index is 12.3. The van der Waals surface area contributed by atoms with Crippen molar-refractivity contribution in [3.63, 3.8) is 0 Å². The zero-order valence-electron chi connectivity index (χ0n) is 14.6. The number of nitrogens with one attached hydrogen (secondary N) is 1. The van der Waals surface area contributed by atoms with Crippen LogP contribution in [-0.4, -0.2) is 26.8 Å². The van der Waals surface area contributed by atoms with Crippen molar-refractivity contribution in [1.29, 1.82) is 0 Å². The molecule has 0 aliphatic heterocycles. The predicted octanol–water partition coefficient (Wildman–Crippen LogP) is 3.01. The lowest BCUT2D eigenvalue weighted by atomic mass is 9.86. The number of rotatable bonds is 6. The average Bonchev–Trinajstić information content (AvgIpc) is 3.36. The summed E-state index contributed by atoms with van der Waals surface area (Å²) in [5, 5.41) is 16.0. The predicted molar refractivity (Wildman–Crippen MR) is 95.9 cm³/mol. The van der Waals surface area contributed by atoms with E-state index >= 15 is 0 Å². The summed E-state index contributed by atoms with van der Waals surface area (Å²) in [6.07, 6.45) is 7.46. The van der Waals surface area contributed by atoms with Gasteiger partial charge in [-0.3, -0.25) is 4.79 Å². The Morgan fingerprint density at radius 2 is 2.12 bits per heavy atom. The van der Waals surface area contributed by atoms with E-state index in [-0.39, 0.29) is 11.6 Å². The van der Waals surface area contributed by atoms with Gasteiger partial charge in [-0.2, -0.15) is 5.10 Å². The molecule has 1 aromatic carbocycles. The van der Waals surface area contributed by atoms with Crippen LogP contribution in [-0.2, 0) is 11.3 Å². The molecule has 136 valence electrons. The lowest BCUT2D eigenvalue weighted by molar-refractivity contribution is -0.122. The third-order valence-electron chi connectivity index (χ3n) is 5.81. The quantitative estimate of drug-likeness (QED) is 0.836. The van der Waals surface area contributed by atoms with E-state index in [9.17, 15) is 9.59 Å². The van der Waals surface area contributed by atoms with E-state index in [1.807, 2.05) is 24.3 Å². The Balaban J connectivity index is 1.34.